The Balaban J connectivity index is 1.63. The minimum Gasteiger partial charge on any atom is -0.508 e. The number of esters is 1. The van der Waals surface area contributed by atoms with Gasteiger partial charge in [0, 0.05) is 11.8 Å². The van der Waals surface area contributed by atoms with E-state index >= 15 is 0 Å². The van der Waals surface area contributed by atoms with Gasteiger partial charge in [0.2, 0.25) is 0 Å². The highest BCUT2D eigenvalue weighted by Crippen LogP contribution is 2.23. The van der Waals surface area contributed by atoms with Crippen molar-refractivity contribution in [2.75, 3.05) is 17.2 Å². The zero-order valence-electron chi connectivity index (χ0n) is 15.7. The molecular formula is C22H18N2O6. The maximum absolute atomic E-state index is 12.5. The molecule has 0 heterocycles. The number of rotatable bonds is 6. The van der Waals surface area contributed by atoms with Crippen molar-refractivity contribution in [3.05, 3.63) is 83.9 Å². The van der Waals surface area contributed by atoms with E-state index in [0.717, 1.165) is 6.07 Å². The number of phenolic OH excluding ortho intramolecular Hbond substituents is 2. The molecule has 8 nitrogen and oxygen atoms in total. The number of carbonyl (C=O) groups excluding carboxylic acids is 3. The zero-order valence-corrected chi connectivity index (χ0v) is 15.7. The number of hydrogen-bond donors (Lipinski definition) is 4. The summed E-state index contributed by atoms with van der Waals surface area (Å²) in [5, 5.41) is 24.2. The molecule has 3 aromatic carbocycles. The molecule has 0 saturated carbocycles. The van der Waals surface area contributed by atoms with Gasteiger partial charge in [-0.1, -0.05) is 30.3 Å². The number of benzene rings is 3. The maximum atomic E-state index is 12.5. The summed E-state index contributed by atoms with van der Waals surface area (Å²) < 4.78 is 4.89. The number of phenols is 2. The number of carbonyl (C=O) groups is 3. The predicted octanol–water partition coefficient (Wildman–Crippen LogP) is 3.15. The highest BCUT2D eigenvalue weighted by molar-refractivity contribution is 6.10. The van der Waals surface area contributed by atoms with Gasteiger partial charge in [-0.2, -0.15) is 0 Å². The Hall–Kier alpha value is -4.33. The second-order valence-electron chi connectivity index (χ2n) is 6.19. The van der Waals surface area contributed by atoms with Crippen molar-refractivity contribution >= 4 is 29.2 Å². The molecule has 2 amide bonds. The molecule has 0 atom stereocenters. The second kappa shape index (κ2) is 9.24. The number of para-hydroxylation sites is 2. The maximum Gasteiger partial charge on any atom is 0.342 e. The lowest BCUT2D eigenvalue weighted by molar-refractivity contribution is -0.119. The average Bonchev–Trinajstić information content (AvgIpc) is 2.73. The van der Waals surface area contributed by atoms with Crippen molar-refractivity contribution in [1.82, 2.24) is 0 Å². The van der Waals surface area contributed by atoms with Gasteiger partial charge in [-0.05, 0) is 36.4 Å². The van der Waals surface area contributed by atoms with Gasteiger partial charge < -0.3 is 25.6 Å². The lowest BCUT2D eigenvalue weighted by Gasteiger charge is -2.12. The molecule has 4 N–H and O–H groups in total. The number of aromatic hydroxyl groups is 2. The monoisotopic (exact) mass is 406 g/mol. The number of amides is 2. The van der Waals surface area contributed by atoms with Crippen molar-refractivity contribution in [2.24, 2.45) is 0 Å². The van der Waals surface area contributed by atoms with E-state index in [9.17, 15) is 24.6 Å². The van der Waals surface area contributed by atoms with Gasteiger partial charge in [0.15, 0.2) is 6.61 Å². The zero-order chi connectivity index (χ0) is 21.5. The third kappa shape index (κ3) is 5.14. The van der Waals surface area contributed by atoms with Gasteiger partial charge in [0.25, 0.3) is 11.8 Å². The number of nitrogens with one attached hydrogen (secondary N) is 2. The first-order chi connectivity index (χ1) is 14.4. The Kier molecular flexibility index (Phi) is 6.29. The van der Waals surface area contributed by atoms with Crippen LogP contribution in [0.5, 0.6) is 11.5 Å². The Morgan fingerprint density at radius 2 is 1.50 bits per heavy atom. The third-order valence-corrected chi connectivity index (χ3v) is 4.01. The topological polar surface area (TPSA) is 125 Å². The molecule has 0 aliphatic heterocycles. The van der Waals surface area contributed by atoms with Crippen LogP contribution in [-0.2, 0) is 9.53 Å². The molecule has 0 fully saturated rings. The lowest BCUT2D eigenvalue weighted by Crippen LogP contribution is -2.23. The Labute approximate surface area is 171 Å². The molecule has 0 aliphatic carbocycles. The summed E-state index contributed by atoms with van der Waals surface area (Å²) in [6.45, 7) is -0.631. The van der Waals surface area contributed by atoms with Crippen LogP contribution in [0.1, 0.15) is 20.7 Å². The molecule has 0 spiro atoms. The molecule has 0 radical (unpaired) electrons. The predicted molar refractivity (Wildman–Crippen MR) is 110 cm³/mol. The number of hydrogen-bond acceptors (Lipinski definition) is 6. The summed E-state index contributed by atoms with van der Waals surface area (Å²) in [4.78, 5) is 36.7. The molecule has 3 rings (SSSR count). The largest absolute Gasteiger partial charge is 0.508 e. The van der Waals surface area contributed by atoms with Crippen LogP contribution in [0.15, 0.2) is 72.8 Å². The van der Waals surface area contributed by atoms with E-state index in [0.29, 0.717) is 5.69 Å². The summed E-state index contributed by atoms with van der Waals surface area (Å²) in [7, 11) is 0. The van der Waals surface area contributed by atoms with Gasteiger partial charge in [-0.15, -0.1) is 0 Å². The van der Waals surface area contributed by atoms with E-state index in [4.69, 9.17) is 4.74 Å². The Morgan fingerprint density at radius 1 is 0.800 bits per heavy atom. The van der Waals surface area contributed by atoms with Crippen LogP contribution in [0.25, 0.3) is 0 Å². The molecular weight excluding hydrogens is 388 g/mol. The second-order valence-corrected chi connectivity index (χ2v) is 6.19. The molecule has 0 aromatic heterocycles. The summed E-state index contributed by atoms with van der Waals surface area (Å²) in [6, 6.07) is 18.6. The van der Waals surface area contributed by atoms with Crippen LogP contribution >= 0.6 is 0 Å². The minimum atomic E-state index is -0.933. The van der Waals surface area contributed by atoms with Crippen molar-refractivity contribution in [3.8, 4) is 11.5 Å². The van der Waals surface area contributed by atoms with Gasteiger partial charge in [-0.3, -0.25) is 9.59 Å². The molecule has 0 aliphatic rings. The SMILES string of the molecule is O=C(COC(=O)c1ccc(O)cc1O)Nc1ccccc1C(=O)Nc1ccccc1. The fourth-order valence-corrected chi connectivity index (χ4v) is 2.60. The highest BCUT2D eigenvalue weighted by Gasteiger charge is 2.17. The molecule has 0 bridgehead atoms. The summed E-state index contributed by atoms with van der Waals surface area (Å²) in [5.41, 5.74) is 0.895. The fraction of sp³-hybridized carbons (Fsp3) is 0.0455. The van der Waals surface area contributed by atoms with Crippen molar-refractivity contribution in [3.63, 3.8) is 0 Å². The van der Waals surface area contributed by atoms with Crippen LogP contribution in [0, 0.1) is 0 Å². The molecule has 8 heteroatoms. The molecule has 0 unspecified atom stereocenters. The standard InChI is InChI=1S/C22H18N2O6/c25-15-10-11-17(19(26)12-15)22(29)30-13-20(27)24-18-9-5-4-8-16(18)21(28)23-14-6-2-1-3-7-14/h1-12,25-26H,13H2,(H,23,28)(H,24,27). The van der Waals surface area contributed by atoms with Gasteiger partial charge in [0.1, 0.15) is 17.1 Å². The summed E-state index contributed by atoms with van der Waals surface area (Å²) in [6.07, 6.45) is 0. The smallest absolute Gasteiger partial charge is 0.342 e. The van der Waals surface area contributed by atoms with Gasteiger partial charge >= 0.3 is 5.97 Å². The van der Waals surface area contributed by atoms with Crippen LogP contribution in [-0.4, -0.2) is 34.6 Å². The first-order valence-electron chi connectivity index (χ1n) is 8.88. The third-order valence-electron chi connectivity index (χ3n) is 4.01. The van der Waals surface area contributed by atoms with Crippen molar-refractivity contribution in [1.29, 1.82) is 0 Å². The van der Waals surface area contributed by atoms with Gasteiger partial charge in [0.05, 0.1) is 11.3 Å². The van der Waals surface area contributed by atoms with E-state index in [1.807, 2.05) is 6.07 Å². The van der Waals surface area contributed by atoms with E-state index in [-0.39, 0.29) is 22.6 Å². The number of anilines is 2. The Morgan fingerprint density at radius 3 is 2.23 bits per heavy atom. The van der Waals surface area contributed by atoms with Crippen LogP contribution in [0.3, 0.4) is 0 Å². The van der Waals surface area contributed by atoms with Crippen molar-refractivity contribution < 1.29 is 29.3 Å². The molecule has 0 saturated heterocycles. The quantitative estimate of drug-likeness (QED) is 0.466. The van der Waals surface area contributed by atoms with E-state index in [1.165, 1.54) is 12.1 Å². The fourth-order valence-electron chi connectivity index (χ4n) is 2.60. The normalized spacial score (nSPS) is 10.1. The van der Waals surface area contributed by atoms with Gasteiger partial charge in [-0.25, -0.2) is 4.79 Å². The minimum absolute atomic E-state index is 0.191. The van der Waals surface area contributed by atoms with E-state index in [1.54, 1.807) is 48.5 Å². The highest BCUT2D eigenvalue weighted by atomic mass is 16.5. The molecule has 152 valence electrons. The summed E-state index contributed by atoms with van der Waals surface area (Å²) in [5.74, 6) is -2.70. The first-order valence-corrected chi connectivity index (χ1v) is 8.88. The Bertz CT molecular complexity index is 1080. The van der Waals surface area contributed by atoms with E-state index < -0.39 is 30.1 Å². The van der Waals surface area contributed by atoms with Crippen LogP contribution < -0.4 is 10.6 Å². The molecule has 30 heavy (non-hydrogen) atoms. The van der Waals surface area contributed by atoms with Crippen molar-refractivity contribution in [2.45, 2.75) is 0 Å². The average molecular weight is 406 g/mol. The van der Waals surface area contributed by atoms with Crippen LogP contribution in [0.4, 0.5) is 11.4 Å². The number of ether oxygens (including phenoxy) is 1. The molecule has 3 aromatic rings. The van der Waals surface area contributed by atoms with Crippen LogP contribution in [0.2, 0.25) is 0 Å². The lowest BCUT2D eigenvalue weighted by atomic mass is 10.1. The van der Waals surface area contributed by atoms with E-state index in [2.05, 4.69) is 10.6 Å². The first kappa shape index (κ1) is 20.4. The summed E-state index contributed by atoms with van der Waals surface area (Å²) >= 11 is 0.